The van der Waals surface area contributed by atoms with Crippen LogP contribution in [0.5, 0.6) is 0 Å². The second-order valence-corrected chi connectivity index (χ2v) is 2.05. The highest BCUT2D eigenvalue weighted by Crippen LogP contribution is 2.19. The van der Waals surface area contributed by atoms with Gasteiger partial charge in [0.05, 0.1) is 0 Å². The largest absolute Gasteiger partial charge is 0.322 e. The average Bonchev–Trinajstić information content (AvgIpc) is 1.80. The molecule has 0 amide bonds. The van der Waals surface area contributed by atoms with Gasteiger partial charge in [0.1, 0.15) is 0 Å². The van der Waals surface area contributed by atoms with E-state index in [0.717, 1.165) is 0 Å². The van der Waals surface area contributed by atoms with Crippen LogP contribution in [0.15, 0.2) is 24.8 Å². The van der Waals surface area contributed by atoms with Gasteiger partial charge in [0.25, 0.3) is 0 Å². The molecule has 0 spiro atoms. The quantitative estimate of drug-likeness (QED) is 0.478. The van der Waals surface area contributed by atoms with E-state index in [1.165, 1.54) is 0 Å². The topological polar surface area (TPSA) is 26.0 Å². The van der Waals surface area contributed by atoms with Gasteiger partial charge in [0, 0.05) is 5.57 Å². The summed E-state index contributed by atoms with van der Waals surface area (Å²) in [5, 5.41) is 0. The maximum atomic E-state index is 12.1. The van der Waals surface area contributed by atoms with Gasteiger partial charge in [-0.25, -0.2) is 0 Å². The molecule has 0 aromatic carbocycles. The van der Waals surface area contributed by atoms with Crippen molar-refractivity contribution in [1.29, 1.82) is 0 Å². The van der Waals surface area contributed by atoms with Crippen molar-refractivity contribution in [3.05, 3.63) is 24.8 Å². The third-order valence-corrected chi connectivity index (χ3v) is 1.12. The lowest BCUT2D eigenvalue weighted by Crippen LogP contribution is -2.30. The Bertz CT molecular complexity index is 135. The van der Waals surface area contributed by atoms with Crippen LogP contribution in [0.3, 0.4) is 0 Å². The van der Waals surface area contributed by atoms with Crippen LogP contribution < -0.4 is 5.73 Å². The van der Waals surface area contributed by atoms with Crippen molar-refractivity contribution in [2.45, 2.75) is 18.9 Å². The number of rotatable bonds is 4. The van der Waals surface area contributed by atoms with Crippen LogP contribution in [0.1, 0.15) is 12.8 Å². The Morgan fingerprint density at radius 2 is 2.10 bits per heavy atom. The molecule has 10 heavy (non-hydrogen) atoms. The molecule has 0 aliphatic rings. The summed E-state index contributed by atoms with van der Waals surface area (Å²) in [7, 11) is 0. The predicted molar refractivity (Wildman–Crippen MR) is 37.7 cm³/mol. The van der Waals surface area contributed by atoms with Crippen molar-refractivity contribution in [2.24, 2.45) is 5.73 Å². The Labute approximate surface area is 59.2 Å². The van der Waals surface area contributed by atoms with Gasteiger partial charge < -0.3 is 0 Å². The summed E-state index contributed by atoms with van der Waals surface area (Å²) in [5.74, 6) is 0. The lowest BCUT2D eigenvalue weighted by atomic mass is 10.1. The van der Waals surface area contributed by atoms with Crippen LogP contribution in [0, 0.1) is 0 Å². The molecule has 0 atom stereocenters. The minimum absolute atomic E-state index is 0.201. The summed E-state index contributed by atoms with van der Waals surface area (Å²) in [6, 6.07) is -3.23. The molecule has 0 aromatic rings. The zero-order valence-electron chi connectivity index (χ0n) is 5.74. The molecule has 3 heteroatoms. The first-order valence-corrected chi connectivity index (χ1v) is 2.94. The van der Waals surface area contributed by atoms with E-state index < -0.39 is 6.05 Å². The second kappa shape index (κ2) is 3.46. The third kappa shape index (κ3) is 3.35. The number of nitrogens with two attached hydrogens (primary N) is 1. The Morgan fingerprint density at radius 1 is 1.60 bits per heavy atom. The van der Waals surface area contributed by atoms with E-state index in [0.29, 0.717) is 6.42 Å². The lowest BCUT2D eigenvalue weighted by molar-refractivity contribution is 0.0462. The number of hydrogen-bond acceptors (Lipinski definition) is 1. The fraction of sp³-hybridized carbons (Fsp3) is 0.429. The van der Waals surface area contributed by atoms with Crippen LogP contribution >= 0.6 is 0 Å². The number of hydrogen-bond donors (Lipinski definition) is 1. The van der Waals surface area contributed by atoms with E-state index in [1.807, 2.05) is 0 Å². The first kappa shape index (κ1) is 9.30. The van der Waals surface area contributed by atoms with E-state index in [2.05, 4.69) is 18.9 Å². The zero-order chi connectivity index (χ0) is 8.20. The number of halogens is 2. The fourth-order valence-corrected chi connectivity index (χ4v) is 0.443. The van der Waals surface area contributed by atoms with Gasteiger partial charge in [-0.15, -0.1) is 6.58 Å². The molecule has 0 saturated carbocycles. The first-order chi connectivity index (χ1) is 4.48. The molecule has 0 fully saturated rings. The normalized spacial score (nSPS) is 11.1. The lowest BCUT2D eigenvalue weighted by Gasteiger charge is -2.11. The van der Waals surface area contributed by atoms with E-state index in [1.54, 1.807) is 6.08 Å². The van der Waals surface area contributed by atoms with Crippen LogP contribution in [-0.4, -0.2) is 6.05 Å². The molecule has 0 radical (unpaired) electrons. The van der Waals surface area contributed by atoms with Crippen molar-refractivity contribution in [1.82, 2.24) is 0 Å². The Hall–Kier alpha value is -0.700. The van der Waals surface area contributed by atoms with Gasteiger partial charge >= 0.3 is 6.05 Å². The van der Waals surface area contributed by atoms with E-state index in [4.69, 9.17) is 0 Å². The van der Waals surface area contributed by atoms with Gasteiger partial charge in [-0.1, -0.05) is 12.7 Å². The molecule has 58 valence electrons. The highest BCUT2D eigenvalue weighted by Gasteiger charge is 2.25. The van der Waals surface area contributed by atoms with Crippen molar-refractivity contribution in [3.63, 3.8) is 0 Å². The highest BCUT2D eigenvalue weighted by atomic mass is 19.3. The molecular formula is C7H11F2N. The molecule has 0 saturated heterocycles. The number of allylic oxidation sites excluding steroid dienone is 1. The van der Waals surface area contributed by atoms with Crippen molar-refractivity contribution < 1.29 is 8.78 Å². The smallest absolute Gasteiger partial charge is 0.268 e. The molecule has 0 bridgehead atoms. The maximum absolute atomic E-state index is 12.1. The fourth-order valence-electron chi connectivity index (χ4n) is 0.443. The van der Waals surface area contributed by atoms with E-state index >= 15 is 0 Å². The van der Waals surface area contributed by atoms with Crippen LogP contribution in [0.25, 0.3) is 0 Å². The summed E-state index contributed by atoms with van der Waals surface area (Å²) in [5.41, 5.74) is 4.21. The van der Waals surface area contributed by atoms with Crippen molar-refractivity contribution in [3.8, 4) is 0 Å². The summed E-state index contributed by atoms with van der Waals surface area (Å²) >= 11 is 0. The zero-order valence-corrected chi connectivity index (χ0v) is 5.74. The van der Waals surface area contributed by atoms with Crippen molar-refractivity contribution >= 4 is 0 Å². The highest BCUT2D eigenvalue weighted by molar-refractivity contribution is 5.05. The summed E-state index contributed by atoms with van der Waals surface area (Å²) in [4.78, 5) is 0. The third-order valence-electron chi connectivity index (χ3n) is 1.12. The molecule has 0 aliphatic heterocycles. The SMILES string of the molecule is C=CCCC(=C)C(N)(F)F. The van der Waals surface area contributed by atoms with Gasteiger partial charge in [-0.05, 0) is 12.8 Å². The standard InChI is InChI=1S/C7H11F2N/c1-3-4-5-6(2)7(8,9)10/h3H,1-2,4-5,10H2. The second-order valence-electron chi connectivity index (χ2n) is 2.05. The van der Waals surface area contributed by atoms with Crippen LogP contribution in [0.4, 0.5) is 8.78 Å². The molecular weight excluding hydrogens is 136 g/mol. The molecule has 0 aromatic heterocycles. The monoisotopic (exact) mass is 147 g/mol. The van der Waals surface area contributed by atoms with Crippen LogP contribution in [-0.2, 0) is 0 Å². The van der Waals surface area contributed by atoms with Crippen molar-refractivity contribution in [2.75, 3.05) is 0 Å². The molecule has 0 rings (SSSR count). The summed E-state index contributed by atoms with van der Waals surface area (Å²) in [6.45, 7) is 6.53. The minimum Gasteiger partial charge on any atom is -0.268 e. The average molecular weight is 147 g/mol. The first-order valence-electron chi connectivity index (χ1n) is 2.94. The van der Waals surface area contributed by atoms with Gasteiger partial charge in [-0.2, -0.15) is 8.78 Å². The molecule has 0 aliphatic carbocycles. The van der Waals surface area contributed by atoms with Gasteiger partial charge in [0.15, 0.2) is 0 Å². The number of alkyl halides is 2. The molecule has 0 heterocycles. The van der Waals surface area contributed by atoms with Gasteiger partial charge in [0.2, 0.25) is 0 Å². The summed E-state index contributed by atoms with van der Waals surface area (Å²) in [6.07, 6.45) is 2.25. The summed E-state index contributed by atoms with van der Waals surface area (Å²) < 4.78 is 24.2. The maximum Gasteiger partial charge on any atom is 0.322 e. The Morgan fingerprint density at radius 3 is 2.40 bits per heavy atom. The Balaban J connectivity index is 3.74. The van der Waals surface area contributed by atoms with Gasteiger partial charge in [-0.3, -0.25) is 5.73 Å². The Kier molecular flexibility index (Phi) is 3.22. The van der Waals surface area contributed by atoms with E-state index in [-0.39, 0.29) is 12.0 Å². The van der Waals surface area contributed by atoms with Crippen LogP contribution in [0.2, 0.25) is 0 Å². The molecule has 0 unspecified atom stereocenters. The predicted octanol–water partition coefficient (Wildman–Crippen LogP) is 2.06. The minimum atomic E-state index is -3.23. The van der Waals surface area contributed by atoms with E-state index in [9.17, 15) is 8.78 Å². The molecule has 2 N–H and O–H groups in total. The molecule has 1 nitrogen and oxygen atoms in total.